The summed E-state index contributed by atoms with van der Waals surface area (Å²) < 4.78 is 0. The van der Waals surface area contributed by atoms with E-state index in [1.54, 1.807) is 5.56 Å². The second kappa shape index (κ2) is 5.85. The van der Waals surface area contributed by atoms with E-state index in [9.17, 15) is 0 Å². The first-order valence-electron chi connectivity index (χ1n) is 7.51. The van der Waals surface area contributed by atoms with Gasteiger partial charge in [-0.1, -0.05) is 38.1 Å². The molecular weight excluding hydrogens is 254 g/mol. The van der Waals surface area contributed by atoms with E-state index in [-0.39, 0.29) is 12.4 Å². The first-order valence-corrected chi connectivity index (χ1v) is 7.51. The lowest BCUT2D eigenvalue weighted by Crippen LogP contribution is -2.47. The highest BCUT2D eigenvalue weighted by Crippen LogP contribution is 2.41. The molecule has 0 saturated heterocycles. The molecule has 3 rings (SSSR count). The maximum absolute atomic E-state index is 3.90. The summed E-state index contributed by atoms with van der Waals surface area (Å²) in [6.45, 7) is 5.88. The van der Waals surface area contributed by atoms with Crippen molar-refractivity contribution in [3.63, 3.8) is 0 Å². The zero-order valence-corrected chi connectivity index (χ0v) is 12.9. The highest BCUT2D eigenvalue weighted by molar-refractivity contribution is 5.85. The first kappa shape index (κ1) is 14.9. The van der Waals surface area contributed by atoms with Gasteiger partial charge in [0.15, 0.2) is 0 Å². The van der Waals surface area contributed by atoms with Gasteiger partial charge < -0.3 is 5.32 Å². The number of nitrogens with one attached hydrogen (secondary N) is 1. The average molecular weight is 280 g/mol. The second-order valence-corrected chi connectivity index (χ2v) is 6.62. The molecule has 1 saturated carbocycles. The molecule has 1 aliphatic heterocycles. The maximum Gasteiger partial charge on any atom is 0.0213 e. The van der Waals surface area contributed by atoms with Crippen molar-refractivity contribution in [1.82, 2.24) is 5.32 Å². The summed E-state index contributed by atoms with van der Waals surface area (Å²) in [4.78, 5) is 0. The van der Waals surface area contributed by atoms with Crippen LogP contribution >= 0.6 is 12.4 Å². The summed E-state index contributed by atoms with van der Waals surface area (Å²) in [7, 11) is 0. The van der Waals surface area contributed by atoms with E-state index in [2.05, 4.69) is 43.4 Å². The largest absolute Gasteiger partial charge is 0.307 e. The molecule has 0 bridgehead atoms. The number of halogens is 1. The Morgan fingerprint density at radius 2 is 1.79 bits per heavy atom. The van der Waals surface area contributed by atoms with Gasteiger partial charge in [0.05, 0.1) is 0 Å². The molecule has 1 N–H and O–H groups in total. The van der Waals surface area contributed by atoms with Crippen LogP contribution in [0, 0.1) is 5.92 Å². The summed E-state index contributed by atoms with van der Waals surface area (Å²) in [5.74, 6) is 1.63. The Balaban J connectivity index is 0.00000133. The molecule has 1 fully saturated rings. The zero-order valence-electron chi connectivity index (χ0n) is 12.1. The van der Waals surface area contributed by atoms with E-state index < -0.39 is 0 Å². The van der Waals surface area contributed by atoms with Crippen LogP contribution in [0.4, 0.5) is 0 Å². The van der Waals surface area contributed by atoms with Gasteiger partial charge in [0.25, 0.3) is 0 Å². The average Bonchev–Trinajstić information content (AvgIpc) is 2.53. The van der Waals surface area contributed by atoms with Crippen molar-refractivity contribution < 1.29 is 0 Å². The Kier molecular flexibility index (Phi) is 4.58. The molecule has 0 aromatic heterocycles. The number of fused-ring (bicyclic) bond motifs is 1. The summed E-state index contributed by atoms with van der Waals surface area (Å²) >= 11 is 0. The van der Waals surface area contributed by atoms with E-state index in [1.165, 1.54) is 37.7 Å². The first-order chi connectivity index (χ1) is 8.69. The van der Waals surface area contributed by atoms with Crippen molar-refractivity contribution in [3.8, 4) is 0 Å². The van der Waals surface area contributed by atoms with Gasteiger partial charge in [0.1, 0.15) is 0 Å². The van der Waals surface area contributed by atoms with Crippen LogP contribution in [0.2, 0.25) is 0 Å². The standard InChI is InChI=1S/C17H25N.ClH/c1-13-7-9-17(10-8-13)11-14(2)16-6-4-3-5-15(16)12-18-17;/h3-6,13-14,18H,7-12H2,1-2H3;1H. The molecule has 1 heterocycles. The topological polar surface area (TPSA) is 12.0 Å². The minimum atomic E-state index is 0. The molecule has 0 radical (unpaired) electrons. The fourth-order valence-corrected chi connectivity index (χ4v) is 3.92. The third-order valence-corrected chi connectivity index (χ3v) is 5.17. The lowest BCUT2D eigenvalue weighted by molar-refractivity contribution is 0.178. The quantitative estimate of drug-likeness (QED) is 0.729. The van der Waals surface area contributed by atoms with Crippen molar-refractivity contribution in [3.05, 3.63) is 35.4 Å². The van der Waals surface area contributed by atoms with Crippen LogP contribution in [0.15, 0.2) is 24.3 Å². The van der Waals surface area contributed by atoms with Gasteiger partial charge >= 0.3 is 0 Å². The molecular formula is C17H26ClN. The van der Waals surface area contributed by atoms with E-state index in [1.807, 2.05) is 0 Å². The van der Waals surface area contributed by atoms with Crippen molar-refractivity contribution in [1.29, 1.82) is 0 Å². The normalized spacial score (nSPS) is 34.2. The van der Waals surface area contributed by atoms with Crippen LogP contribution in [0.25, 0.3) is 0 Å². The minimum Gasteiger partial charge on any atom is -0.307 e. The Morgan fingerprint density at radius 1 is 1.11 bits per heavy atom. The maximum atomic E-state index is 3.90. The highest BCUT2D eigenvalue weighted by atomic mass is 35.5. The van der Waals surface area contributed by atoms with E-state index in [0.29, 0.717) is 11.5 Å². The summed E-state index contributed by atoms with van der Waals surface area (Å²) in [6.07, 6.45) is 6.85. The third-order valence-electron chi connectivity index (χ3n) is 5.17. The molecule has 1 atom stereocenters. The SMILES string of the molecule is CC1CCC2(CC1)CC(C)c1ccccc1CN2.Cl. The van der Waals surface area contributed by atoms with E-state index in [0.717, 1.165) is 12.5 Å². The molecule has 106 valence electrons. The Labute approximate surface area is 123 Å². The monoisotopic (exact) mass is 279 g/mol. The van der Waals surface area contributed by atoms with Crippen LogP contribution < -0.4 is 5.32 Å². The molecule has 1 unspecified atom stereocenters. The lowest BCUT2D eigenvalue weighted by Gasteiger charge is -2.40. The lowest BCUT2D eigenvalue weighted by atomic mass is 9.72. The Hall–Kier alpha value is -0.530. The number of rotatable bonds is 0. The summed E-state index contributed by atoms with van der Waals surface area (Å²) in [5, 5.41) is 3.90. The number of hydrogen-bond donors (Lipinski definition) is 1. The Morgan fingerprint density at radius 3 is 2.53 bits per heavy atom. The van der Waals surface area contributed by atoms with E-state index in [4.69, 9.17) is 0 Å². The number of hydrogen-bond acceptors (Lipinski definition) is 1. The number of benzene rings is 1. The highest BCUT2D eigenvalue weighted by Gasteiger charge is 2.37. The van der Waals surface area contributed by atoms with Gasteiger partial charge in [-0.3, -0.25) is 0 Å². The molecule has 1 aromatic carbocycles. The zero-order chi connectivity index (χ0) is 12.6. The van der Waals surface area contributed by atoms with Crippen LogP contribution in [0.3, 0.4) is 0 Å². The van der Waals surface area contributed by atoms with Crippen molar-refractivity contribution in [2.45, 2.75) is 64.0 Å². The predicted octanol–water partition coefficient (Wildman–Crippen LogP) is 4.65. The van der Waals surface area contributed by atoms with Crippen molar-refractivity contribution in [2.75, 3.05) is 0 Å². The fraction of sp³-hybridized carbons (Fsp3) is 0.647. The van der Waals surface area contributed by atoms with Gasteiger partial charge in [-0.25, -0.2) is 0 Å². The predicted molar refractivity (Wildman–Crippen MR) is 83.9 cm³/mol. The smallest absolute Gasteiger partial charge is 0.0213 e. The minimum absolute atomic E-state index is 0. The molecule has 19 heavy (non-hydrogen) atoms. The Bertz CT molecular complexity index is 421. The van der Waals surface area contributed by atoms with E-state index >= 15 is 0 Å². The van der Waals surface area contributed by atoms with Crippen LogP contribution in [-0.2, 0) is 6.54 Å². The molecule has 0 amide bonds. The van der Waals surface area contributed by atoms with Crippen LogP contribution in [0.5, 0.6) is 0 Å². The fourth-order valence-electron chi connectivity index (χ4n) is 3.92. The summed E-state index contributed by atoms with van der Waals surface area (Å²) in [6, 6.07) is 8.99. The van der Waals surface area contributed by atoms with Crippen LogP contribution in [-0.4, -0.2) is 5.54 Å². The van der Waals surface area contributed by atoms with Gasteiger partial charge in [-0.15, -0.1) is 12.4 Å². The van der Waals surface area contributed by atoms with Gasteiger partial charge in [0.2, 0.25) is 0 Å². The second-order valence-electron chi connectivity index (χ2n) is 6.62. The molecule has 2 aliphatic rings. The van der Waals surface area contributed by atoms with Crippen LogP contribution in [0.1, 0.15) is 63.0 Å². The molecule has 2 heteroatoms. The van der Waals surface area contributed by atoms with Gasteiger partial charge in [-0.2, -0.15) is 0 Å². The van der Waals surface area contributed by atoms with Crippen molar-refractivity contribution in [2.24, 2.45) is 5.92 Å². The molecule has 1 aromatic rings. The third kappa shape index (κ3) is 2.98. The van der Waals surface area contributed by atoms with Gasteiger partial charge in [0, 0.05) is 12.1 Å². The van der Waals surface area contributed by atoms with Gasteiger partial charge in [-0.05, 0) is 55.1 Å². The summed E-state index contributed by atoms with van der Waals surface area (Å²) in [5.41, 5.74) is 3.51. The molecule has 1 nitrogen and oxygen atoms in total. The molecule has 1 aliphatic carbocycles. The van der Waals surface area contributed by atoms with Crippen molar-refractivity contribution >= 4 is 12.4 Å². The molecule has 1 spiro atoms.